The summed E-state index contributed by atoms with van der Waals surface area (Å²) >= 11 is 5.84. The second kappa shape index (κ2) is 7.82. The van der Waals surface area contributed by atoms with E-state index in [9.17, 15) is 18.0 Å². The van der Waals surface area contributed by atoms with Crippen molar-refractivity contribution in [2.75, 3.05) is 5.32 Å². The number of rotatable bonds is 5. The molecule has 0 saturated heterocycles. The molecule has 27 heavy (non-hydrogen) atoms. The van der Waals surface area contributed by atoms with Crippen LogP contribution in [0.15, 0.2) is 53.7 Å². The first-order chi connectivity index (χ1) is 12.7. The SMILES string of the molecule is Cc1cccn2cc(CC(=O)Nc3ccccc3SC(Cl)C(F)(F)F)nc12. The molecule has 0 spiro atoms. The minimum Gasteiger partial charge on any atom is -0.325 e. The van der Waals surface area contributed by atoms with Gasteiger partial charge in [-0.2, -0.15) is 13.2 Å². The molecule has 2 heterocycles. The Bertz CT molecular complexity index is 974. The smallest absolute Gasteiger partial charge is 0.325 e. The first-order valence-electron chi connectivity index (χ1n) is 7.93. The molecule has 1 N–H and O–H groups in total. The highest BCUT2D eigenvalue weighted by Crippen LogP contribution is 2.40. The molecule has 0 bridgehead atoms. The first kappa shape index (κ1) is 19.6. The lowest BCUT2D eigenvalue weighted by Crippen LogP contribution is -2.20. The molecule has 9 heteroatoms. The Balaban J connectivity index is 1.73. The predicted octanol–water partition coefficient (Wildman–Crippen LogP) is 5.04. The van der Waals surface area contributed by atoms with Crippen molar-refractivity contribution in [1.82, 2.24) is 9.38 Å². The number of nitrogens with zero attached hydrogens (tertiary/aromatic N) is 2. The number of carbonyl (C=O) groups is 1. The number of benzene rings is 1. The second-order valence-corrected chi connectivity index (χ2v) is 7.69. The van der Waals surface area contributed by atoms with Crippen molar-refractivity contribution in [3.63, 3.8) is 0 Å². The van der Waals surface area contributed by atoms with E-state index >= 15 is 0 Å². The molecule has 0 aliphatic rings. The number of nitrogens with one attached hydrogen (secondary N) is 1. The van der Waals surface area contributed by atoms with Crippen molar-refractivity contribution in [2.24, 2.45) is 0 Å². The Kier molecular flexibility index (Phi) is 5.67. The van der Waals surface area contributed by atoms with Crippen LogP contribution in [0.2, 0.25) is 0 Å². The number of imidazole rings is 1. The number of amides is 1. The summed E-state index contributed by atoms with van der Waals surface area (Å²) in [5, 5.41) is 2.64. The average Bonchev–Trinajstić information content (AvgIpc) is 2.99. The fraction of sp³-hybridized carbons (Fsp3) is 0.222. The van der Waals surface area contributed by atoms with E-state index in [2.05, 4.69) is 10.3 Å². The standard InChI is InChI=1S/C18H15ClF3N3OS/c1-11-5-4-8-25-10-12(23-16(11)25)9-15(26)24-13-6-2-3-7-14(13)27-17(19)18(20,21)22/h2-8,10,17H,9H2,1H3,(H,24,26). The van der Waals surface area contributed by atoms with Crippen molar-refractivity contribution in [3.8, 4) is 0 Å². The van der Waals surface area contributed by atoms with Crippen LogP contribution >= 0.6 is 23.4 Å². The number of hydrogen-bond donors (Lipinski definition) is 1. The van der Waals surface area contributed by atoms with Crippen LogP contribution in [0, 0.1) is 6.92 Å². The minimum atomic E-state index is -4.54. The fourth-order valence-electron chi connectivity index (χ4n) is 2.50. The Morgan fingerprint density at radius 3 is 2.74 bits per heavy atom. The number of hydrogen-bond acceptors (Lipinski definition) is 3. The molecule has 0 saturated carbocycles. The Hall–Kier alpha value is -2.19. The van der Waals surface area contributed by atoms with E-state index in [0.717, 1.165) is 11.2 Å². The third-order valence-electron chi connectivity index (χ3n) is 3.72. The van der Waals surface area contributed by atoms with E-state index < -0.39 is 10.9 Å². The molecule has 0 aliphatic heterocycles. The normalized spacial score (nSPS) is 12.9. The summed E-state index contributed by atoms with van der Waals surface area (Å²) in [7, 11) is 0. The molecule has 142 valence electrons. The minimum absolute atomic E-state index is 0.00367. The first-order valence-corrected chi connectivity index (χ1v) is 9.25. The number of anilines is 1. The summed E-state index contributed by atoms with van der Waals surface area (Å²) < 4.78 is 37.8. The molecule has 3 rings (SSSR count). The van der Waals surface area contributed by atoms with Crippen LogP contribution < -0.4 is 5.32 Å². The number of thioether (sulfide) groups is 1. The number of carbonyl (C=O) groups excluding carboxylic acids is 1. The fourth-order valence-corrected chi connectivity index (χ4v) is 3.55. The van der Waals surface area contributed by atoms with Gasteiger partial charge in [0.1, 0.15) is 5.65 Å². The molecule has 0 aliphatic carbocycles. The molecule has 1 amide bonds. The zero-order chi connectivity index (χ0) is 19.6. The Morgan fingerprint density at radius 2 is 2.04 bits per heavy atom. The van der Waals surface area contributed by atoms with Crippen molar-refractivity contribution in [2.45, 2.75) is 29.1 Å². The van der Waals surface area contributed by atoms with Gasteiger partial charge in [0.25, 0.3) is 0 Å². The summed E-state index contributed by atoms with van der Waals surface area (Å²) in [5.41, 5.74) is 2.58. The molecule has 0 radical (unpaired) electrons. The van der Waals surface area contributed by atoms with Crippen molar-refractivity contribution < 1.29 is 18.0 Å². The maximum atomic E-state index is 12.7. The van der Waals surface area contributed by atoms with Gasteiger partial charge in [-0.3, -0.25) is 4.79 Å². The molecular weight excluding hydrogens is 399 g/mol. The number of aromatic nitrogens is 2. The summed E-state index contributed by atoms with van der Waals surface area (Å²) in [6.45, 7) is 1.92. The summed E-state index contributed by atoms with van der Waals surface area (Å²) in [6.07, 6.45) is -0.955. The van der Waals surface area contributed by atoms with Gasteiger partial charge in [-0.05, 0) is 30.7 Å². The highest BCUT2D eigenvalue weighted by Gasteiger charge is 2.39. The van der Waals surface area contributed by atoms with Gasteiger partial charge in [-0.1, -0.05) is 30.0 Å². The highest BCUT2D eigenvalue weighted by atomic mass is 35.5. The maximum absolute atomic E-state index is 12.7. The number of halogens is 4. The van der Waals surface area contributed by atoms with Gasteiger partial charge >= 0.3 is 6.18 Å². The Morgan fingerprint density at radius 1 is 1.30 bits per heavy atom. The zero-order valence-corrected chi connectivity index (χ0v) is 15.7. The third-order valence-corrected chi connectivity index (χ3v) is 5.32. The molecule has 4 nitrogen and oxygen atoms in total. The van der Waals surface area contributed by atoms with Crippen LogP contribution in [0.1, 0.15) is 11.3 Å². The largest absolute Gasteiger partial charge is 0.414 e. The number of fused-ring (bicyclic) bond motifs is 1. The van der Waals surface area contributed by atoms with E-state index in [1.807, 2.05) is 29.7 Å². The summed E-state index contributed by atoms with van der Waals surface area (Å²) in [4.78, 5) is 17.0. The number of alkyl halides is 4. The second-order valence-electron chi connectivity index (χ2n) is 5.85. The third kappa shape index (κ3) is 4.75. The molecular formula is C18H15ClF3N3OS. The van der Waals surface area contributed by atoms with Gasteiger partial charge in [0, 0.05) is 17.3 Å². The zero-order valence-electron chi connectivity index (χ0n) is 14.1. The predicted molar refractivity (Wildman–Crippen MR) is 100 cm³/mol. The molecule has 1 aromatic carbocycles. The number of pyridine rings is 1. The quantitative estimate of drug-likeness (QED) is 0.470. The lowest BCUT2D eigenvalue weighted by atomic mass is 10.3. The van der Waals surface area contributed by atoms with Crippen LogP contribution in [-0.4, -0.2) is 26.2 Å². The van der Waals surface area contributed by atoms with Gasteiger partial charge < -0.3 is 9.72 Å². The van der Waals surface area contributed by atoms with Crippen molar-refractivity contribution >= 4 is 40.6 Å². The van der Waals surface area contributed by atoms with Gasteiger partial charge in [-0.15, -0.1) is 11.6 Å². The van der Waals surface area contributed by atoms with Crippen LogP contribution in [0.5, 0.6) is 0 Å². The molecule has 2 aromatic heterocycles. The van der Waals surface area contributed by atoms with Gasteiger partial charge in [0.15, 0.2) is 4.71 Å². The highest BCUT2D eigenvalue weighted by molar-refractivity contribution is 8.01. The maximum Gasteiger partial charge on any atom is 0.414 e. The molecule has 1 atom stereocenters. The van der Waals surface area contributed by atoms with Crippen LogP contribution in [0.4, 0.5) is 18.9 Å². The van der Waals surface area contributed by atoms with Crippen LogP contribution in [0.25, 0.3) is 5.65 Å². The summed E-state index contributed by atoms with van der Waals surface area (Å²) in [5.74, 6) is -0.373. The van der Waals surface area contributed by atoms with Crippen molar-refractivity contribution in [3.05, 3.63) is 60.0 Å². The van der Waals surface area contributed by atoms with E-state index in [4.69, 9.17) is 11.6 Å². The number of aryl methyl sites for hydroxylation is 1. The average molecular weight is 414 g/mol. The Labute approximate surface area is 162 Å². The van der Waals surface area contributed by atoms with Crippen LogP contribution in [-0.2, 0) is 11.2 Å². The van der Waals surface area contributed by atoms with Crippen molar-refractivity contribution in [1.29, 1.82) is 0 Å². The molecule has 3 aromatic rings. The lowest BCUT2D eigenvalue weighted by molar-refractivity contribution is -0.115. The van der Waals surface area contributed by atoms with E-state index in [0.29, 0.717) is 17.5 Å². The lowest BCUT2D eigenvalue weighted by Gasteiger charge is -2.15. The number of para-hydroxylation sites is 1. The van der Waals surface area contributed by atoms with Gasteiger partial charge in [0.05, 0.1) is 17.8 Å². The topological polar surface area (TPSA) is 46.4 Å². The van der Waals surface area contributed by atoms with Gasteiger partial charge in [0.2, 0.25) is 5.91 Å². The van der Waals surface area contributed by atoms with E-state index in [1.54, 1.807) is 18.3 Å². The van der Waals surface area contributed by atoms with E-state index in [1.165, 1.54) is 12.1 Å². The summed E-state index contributed by atoms with van der Waals surface area (Å²) in [6, 6.07) is 10.0. The van der Waals surface area contributed by atoms with E-state index in [-0.39, 0.29) is 22.9 Å². The van der Waals surface area contributed by atoms with Crippen LogP contribution in [0.3, 0.4) is 0 Å². The molecule has 1 unspecified atom stereocenters. The monoisotopic (exact) mass is 413 g/mol. The van der Waals surface area contributed by atoms with Gasteiger partial charge in [-0.25, -0.2) is 4.98 Å². The molecule has 0 fully saturated rings.